The molecule has 5 nitrogen and oxygen atoms in total. The number of nitrogens with zero attached hydrogens (tertiary/aromatic N) is 1. The van der Waals surface area contributed by atoms with E-state index in [0.29, 0.717) is 11.8 Å². The molecule has 1 aromatic carbocycles. The maximum absolute atomic E-state index is 12.6. The van der Waals surface area contributed by atoms with Crippen molar-refractivity contribution in [3.05, 3.63) is 43.8 Å². The number of carbonyl (C=O) groups is 1. The predicted octanol–water partition coefficient (Wildman–Crippen LogP) is 3.38. The van der Waals surface area contributed by atoms with Gasteiger partial charge in [-0.1, -0.05) is 0 Å². The van der Waals surface area contributed by atoms with Gasteiger partial charge in [-0.25, -0.2) is 4.79 Å². The van der Waals surface area contributed by atoms with Crippen molar-refractivity contribution in [1.29, 1.82) is 5.41 Å². The van der Waals surface area contributed by atoms with Gasteiger partial charge in [-0.3, -0.25) is 4.79 Å². The van der Waals surface area contributed by atoms with Crippen LogP contribution in [0.3, 0.4) is 0 Å². The molecule has 1 aromatic heterocycles. The van der Waals surface area contributed by atoms with Gasteiger partial charge in [0.15, 0.2) is 0 Å². The van der Waals surface area contributed by atoms with Gasteiger partial charge < -0.3 is 14.7 Å². The zero-order valence-corrected chi connectivity index (χ0v) is 14.6. The van der Waals surface area contributed by atoms with Crippen molar-refractivity contribution in [3.8, 4) is 0 Å². The fourth-order valence-electron chi connectivity index (χ4n) is 2.33. The van der Waals surface area contributed by atoms with E-state index < -0.39 is 5.97 Å². The zero-order valence-electron chi connectivity index (χ0n) is 12.4. The molecule has 0 aliphatic heterocycles. The van der Waals surface area contributed by atoms with Crippen LogP contribution in [0.4, 0.5) is 0 Å². The number of aromatic nitrogens is 1. The summed E-state index contributed by atoms with van der Waals surface area (Å²) in [5.41, 5.74) is 0.478. The van der Waals surface area contributed by atoms with Crippen molar-refractivity contribution in [2.45, 2.75) is 26.3 Å². The quantitative estimate of drug-likeness (QED) is 0.465. The Labute approximate surface area is 141 Å². The first-order valence-electron chi connectivity index (χ1n) is 7.00. The lowest BCUT2D eigenvalue weighted by Gasteiger charge is -2.18. The van der Waals surface area contributed by atoms with E-state index in [4.69, 9.17) is 10.1 Å². The Hall–Kier alpha value is -1.70. The summed E-state index contributed by atoms with van der Waals surface area (Å²) in [7, 11) is 0. The predicted molar refractivity (Wildman–Crippen MR) is 95.0 cm³/mol. The SMILES string of the molecule is CCOC(=O)c1cn([C@H](C)CC=N)c2ccc(I)cc2c1=O. The second kappa shape index (κ2) is 7.04. The van der Waals surface area contributed by atoms with Crippen molar-refractivity contribution in [2.75, 3.05) is 6.61 Å². The molecule has 2 rings (SSSR count). The third-order valence-electron chi connectivity index (χ3n) is 3.42. The molecule has 0 bridgehead atoms. The highest BCUT2D eigenvalue weighted by Crippen LogP contribution is 2.21. The monoisotopic (exact) mass is 412 g/mol. The zero-order chi connectivity index (χ0) is 16.3. The minimum absolute atomic E-state index is 0.0335. The Morgan fingerprint density at radius 2 is 2.23 bits per heavy atom. The number of esters is 1. The van der Waals surface area contributed by atoms with Gasteiger partial charge in [-0.2, -0.15) is 0 Å². The lowest BCUT2D eigenvalue weighted by molar-refractivity contribution is 0.0524. The molecule has 0 aliphatic carbocycles. The molecule has 0 aliphatic rings. The standard InChI is InChI=1S/C16H17IN2O3/c1-3-22-16(21)13-9-19(10(2)6-7-18)14-5-4-11(17)8-12(14)15(13)20/h4-5,7-10,18H,3,6H2,1-2H3/t10-/m1/s1. The third kappa shape index (κ3) is 3.21. The van der Waals surface area contributed by atoms with Crippen molar-refractivity contribution >= 4 is 45.7 Å². The molecular formula is C16H17IN2O3. The summed E-state index contributed by atoms with van der Waals surface area (Å²) in [6.45, 7) is 3.87. The molecule has 0 fully saturated rings. The summed E-state index contributed by atoms with van der Waals surface area (Å²) in [6.07, 6.45) is 3.39. The average Bonchev–Trinajstić information content (AvgIpc) is 2.48. The highest BCUT2D eigenvalue weighted by Gasteiger charge is 2.18. The minimum Gasteiger partial charge on any atom is -0.462 e. The molecule has 0 amide bonds. The Kier molecular flexibility index (Phi) is 5.33. The summed E-state index contributed by atoms with van der Waals surface area (Å²) in [6, 6.07) is 5.52. The Morgan fingerprint density at radius 1 is 1.50 bits per heavy atom. The number of rotatable bonds is 5. The Bertz CT molecular complexity index is 783. The van der Waals surface area contributed by atoms with Crippen LogP contribution in [-0.2, 0) is 4.74 Å². The normalized spacial score (nSPS) is 12.1. The number of halogens is 1. The maximum Gasteiger partial charge on any atom is 0.343 e. The van der Waals surface area contributed by atoms with Gasteiger partial charge in [0, 0.05) is 27.6 Å². The summed E-state index contributed by atoms with van der Waals surface area (Å²) < 4.78 is 7.77. The average molecular weight is 412 g/mol. The molecule has 22 heavy (non-hydrogen) atoms. The van der Waals surface area contributed by atoms with E-state index in [2.05, 4.69) is 22.6 Å². The lowest BCUT2D eigenvalue weighted by Crippen LogP contribution is -2.22. The first kappa shape index (κ1) is 16.7. The first-order valence-corrected chi connectivity index (χ1v) is 8.08. The van der Waals surface area contributed by atoms with Crippen LogP contribution in [0.1, 0.15) is 36.7 Å². The topological polar surface area (TPSA) is 72.2 Å². The van der Waals surface area contributed by atoms with Crippen molar-refractivity contribution in [2.24, 2.45) is 0 Å². The number of hydrogen-bond donors (Lipinski definition) is 1. The number of pyridine rings is 1. The van der Waals surface area contributed by atoms with Crippen LogP contribution < -0.4 is 5.43 Å². The lowest BCUT2D eigenvalue weighted by atomic mass is 10.1. The number of nitrogens with one attached hydrogen (secondary N) is 1. The van der Waals surface area contributed by atoms with Crippen LogP contribution in [0.15, 0.2) is 29.2 Å². The fraction of sp³-hybridized carbons (Fsp3) is 0.312. The Morgan fingerprint density at radius 3 is 2.86 bits per heavy atom. The molecule has 0 saturated carbocycles. The molecule has 1 N–H and O–H groups in total. The molecule has 0 unspecified atom stereocenters. The molecule has 0 radical (unpaired) electrons. The van der Waals surface area contributed by atoms with E-state index >= 15 is 0 Å². The molecule has 0 spiro atoms. The van der Waals surface area contributed by atoms with Gasteiger partial charge in [0.25, 0.3) is 0 Å². The van der Waals surface area contributed by atoms with E-state index in [1.165, 1.54) is 6.21 Å². The number of benzene rings is 1. The largest absolute Gasteiger partial charge is 0.462 e. The van der Waals surface area contributed by atoms with E-state index in [9.17, 15) is 9.59 Å². The Balaban J connectivity index is 2.77. The van der Waals surface area contributed by atoms with Crippen LogP contribution in [0.2, 0.25) is 0 Å². The summed E-state index contributed by atoms with van der Waals surface area (Å²) in [5.74, 6) is -0.607. The van der Waals surface area contributed by atoms with Gasteiger partial charge in [-0.05, 0) is 60.9 Å². The number of ether oxygens (including phenoxy) is 1. The molecule has 0 saturated heterocycles. The minimum atomic E-state index is -0.607. The van der Waals surface area contributed by atoms with Crippen LogP contribution in [0.5, 0.6) is 0 Å². The van der Waals surface area contributed by atoms with Crippen molar-refractivity contribution in [3.63, 3.8) is 0 Å². The van der Waals surface area contributed by atoms with Crippen LogP contribution in [0, 0.1) is 8.98 Å². The number of carbonyl (C=O) groups excluding carboxylic acids is 1. The molecule has 2 aromatic rings. The van der Waals surface area contributed by atoms with E-state index in [0.717, 1.165) is 9.09 Å². The molecule has 6 heteroatoms. The highest BCUT2D eigenvalue weighted by molar-refractivity contribution is 14.1. The highest BCUT2D eigenvalue weighted by atomic mass is 127. The van der Waals surface area contributed by atoms with Crippen molar-refractivity contribution in [1.82, 2.24) is 4.57 Å². The van der Waals surface area contributed by atoms with Gasteiger partial charge in [0.2, 0.25) is 5.43 Å². The molecule has 116 valence electrons. The molecule has 1 atom stereocenters. The molecule has 1 heterocycles. The third-order valence-corrected chi connectivity index (χ3v) is 4.09. The van der Waals surface area contributed by atoms with Crippen LogP contribution >= 0.6 is 22.6 Å². The van der Waals surface area contributed by atoms with Crippen LogP contribution in [-0.4, -0.2) is 23.4 Å². The van der Waals surface area contributed by atoms with Crippen LogP contribution in [0.25, 0.3) is 10.9 Å². The molecular weight excluding hydrogens is 395 g/mol. The maximum atomic E-state index is 12.6. The number of fused-ring (bicyclic) bond motifs is 1. The second-order valence-corrected chi connectivity index (χ2v) is 6.20. The summed E-state index contributed by atoms with van der Waals surface area (Å²) in [4.78, 5) is 24.6. The summed E-state index contributed by atoms with van der Waals surface area (Å²) in [5, 5.41) is 7.77. The fourth-order valence-corrected chi connectivity index (χ4v) is 2.82. The van der Waals surface area contributed by atoms with E-state index in [-0.39, 0.29) is 23.6 Å². The first-order chi connectivity index (χ1) is 10.5. The van der Waals surface area contributed by atoms with E-state index in [1.54, 1.807) is 19.2 Å². The van der Waals surface area contributed by atoms with Gasteiger partial charge in [-0.15, -0.1) is 0 Å². The van der Waals surface area contributed by atoms with E-state index in [1.807, 2.05) is 23.6 Å². The smallest absolute Gasteiger partial charge is 0.343 e. The van der Waals surface area contributed by atoms with Gasteiger partial charge in [0.05, 0.1) is 12.1 Å². The van der Waals surface area contributed by atoms with Gasteiger partial charge in [0.1, 0.15) is 5.56 Å². The van der Waals surface area contributed by atoms with Crippen molar-refractivity contribution < 1.29 is 9.53 Å². The summed E-state index contributed by atoms with van der Waals surface area (Å²) >= 11 is 2.14. The second-order valence-electron chi connectivity index (χ2n) is 4.95. The number of hydrogen-bond acceptors (Lipinski definition) is 4. The van der Waals surface area contributed by atoms with Gasteiger partial charge >= 0.3 is 5.97 Å².